The molecule has 3 aromatic rings. The fourth-order valence-electron chi connectivity index (χ4n) is 8.97. The quantitative estimate of drug-likeness (QED) is 0.109. The maximum atomic E-state index is 13.9. The maximum Gasteiger partial charge on any atom is 0.331 e. The lowest BCUT2D eigenvalue weighted by Crippen LogP contribution is -2.54. The van der Waals surface area contributed by atoms with Crippen LogP contribution in [-0.4, -0.2) is 51.0 Å². The highest BCUT2D eigenvalue weighted by atomic mass is 35.5. The van der Waals surface area contributed by atoms with E-state index in [1.165, 1.54) is 28.8 Å². The van der Waals surface area contributed by atoms with Crippen LogP contribution < -0.4 is 19.5 Å². The number of aromatic nitrogens is 1. The van der Waals surface area contributed by atoms with E-state index >= 15 is 0 Å². The van der Waals surface area contributed by atoms with Crippen molar-refractivity contribution in [1.29, 1.82) is 0 Å². The van der Waals surface area contributed by atoms with Crippen molar-refractivity contribution < 1.29 is 32.5 Å². The zero-order valence-corrected chi connectivity index (χ0v) is 30.5. The van der Waals surface area contributed by atoms with Crippen molar-refractivity contribution in [3.63, 3.8) is 0 Å². The standard InChI is InChI=1S/C39H47ClN2O7S/c1-25(23-47-33-10-15-41-32-9-3-6-26(2)36(32)33)18-28-19-27-20-34-35(49-24-48-34)22-31(27)38(28)11-13-39(14-12-38,37(43)46-16-5-17-50(44)45)42-30-8-4-7-29(40)21-30/h4,7-8,10,15,20-22,25-26,28,42H,3,5-6,9,11-14,16-19,23-24H2,1-2H3,(H,44,45)/t25-,26-,28+,38?,39?/m1/s1. The highest BCUT2D eigenvalue weighted by Crippen LogP contribution is 2.58. The lowest BCUT2D eigenvalue weighted by atomic mass is 9.59. The number of hydrogen-bond acceptors (Lipinski definition) is 8. The Balaban J connectivity index is 1.13. The zero-order chi connectivity index (χ0) is 34.9. The van der Waals surface area contributed by atoms with Crippen LogP contribution in [0.25, 0.3) is 0 Å². The van der Waals surface area contributed by atoms with Gasteiger partial charge >= 0.3 is 5.97 Å². The van der Waals surface area contributed by atoms with Crippen molar-refractivity contribution in [1.82, 2.24) is 4.98 Å². The minimum Gasteiger partial charge on any atom is -0.493 e. The normalized spacial score (nSPS) is 26.2. The van der Waals surface area contributed by atoms with Crippen molar-refractivity contribution in [2.45, 2.75) is 94.9 Å². The Kier molecular flexibility index (Phi) is 10.3. The number of carbonyl (C=O) groups is 1. The summed E-state index contributed by atoms with van der Waals surface area (Å²) in [6.07, 6.45) is 10.1. The van der Waals surface area contributed by atoms with Crippen LogP contribution >= 0.6 is 11.6 Å². The topological polar surface area (TPSA) is 116 Å². The maximum absolute atomic E-state index is 13.9. The molecule has 1 aliphatic heterocycles. The fourth-order valence-corrected chi connectivity index (χ4v) is 9.52. The summed E-state index contributed by atoms with van der Waals surface area (Å²) in [5.74, 6) is 3.36. The van der Waals surface area contributed by atoms with Crippen LogP contribution in [0.2, 0.25) is 5.02 Å². The molecular weight excluding hydrogens is 676 g/mol. The second-order valence-electron chi connectivity index (χ2n) is 14.8. The average Bonchev–Trinajstić information content (AvgIpc) is 3.67. The molecule has 9 nitrogen and oxygen atoms in total. The monoisotopic (exact) mass is 722 g/mol. The van der Waals surface area contributed by atoms with Gasteiger partial charge in [0.25, 0.3) is 0 Å². The van der Waals surface area contributed by atoms with Crippen LogP contribution in [0.5, 0.6) is 17.2 Å². The minimum absolute atomic E-state index is 0.0598. The Hall–Kier alpha value is -3.34. The number of hydrogen-bond donors (Lipinski definition) is 2. The van der Waals surface area contributed by atoms with E-state index in [-0.39, 0.29) is 30.5 Å². The van der Waals surface area contributed by atoms with E-state index in [4.69, 9.17) is 30.5 Å². The Morgan fingerprint density at radius 1 is 1.16 bits per heavy atom. The van der Waals surface area contributed by atoms with Crippen LogP contribution in [0.4, 0.5) is 5.69 Å². The molecule has 2 aromatic carbocycles. The molecule has 1 fully saturated rings. The summed E-state index contributed by atoms with van der Waals surface area (Å²) >= 11 is 4.42. The molecule has 11 heteroatoms. The summed E-state index contributed by atoms with van der Waals surface area (Å²) in [6, 6.07) is 13.8. The zero-order valence-electron chi connectivity index (χ0n) is 28.9. The lowest BCUT2D eigenvalue weighted by Gasteiger charge is -2.48. The number of pyridine rings is 1. The third-order valence-corrected chi connectivity index (χ3v) is 12.3. The summed E-state index contributed by atoms with van der Waals surface area (Å²) in [5.41, 5.74) is 4.66. The van der Waals surface area contributed by atoms with E-state index in [1.807, 2.05) is 36.5 Å². The van der Waals surface area contributed by atoms with Gasteiger partial charge in [0.05, 0.1) is 19.0 Å². The highest BCUT2D eigenvalue weighted by Gasteiger charge is 2.55. The first kappa shape index (κ1) is 35.1. The Morgan fingerprint density at radius 3 is 2.74 bits per heavy atom. The summed E-state index contributed by atoms with van der Waals surface area (Å²) in [4.78, 5) is 18.6. The van der Waals surface area contributed by atoms with Gasteiger partial charge in [-0.15, -0.1) is 0 Å². The third-order valence-electron chi connectivity index (χ3n) is 11.5. The van der Waals surface area contributed by atoms with E-state index in [9.17, 15) is 13.6 Å². The fraction of sp³-hybridized carbons (Fsp3) is 0.538. The summed E-state index contributed by atoms with van der Waals surface area (Å²) in [6.45, 7) is 5.49. The van der Waals surface area contributed by atoms with Gasteiger partial charge in [-0.1, -0.05) is 31.5 Å². The van der Waals surface area contributed by atoms with E-state index < -0.39 is 16.6 Å². The van der Waals surface area contributed by atoms with Crippen molar-refractivity contribution >= 4 is 34.3 Å². The first-order valence-electron chi connectivity index (χ1n) is 18.0. The highest BCUT2D eigenvalue weighted by molar-refractivity contribution is 7.79. The molecule has 0 amide bonds. The van der Waals surface area contributed by atoms with Gasteiger partial charge in [0.15, 0.2) is 22.6 Å². The van der Waals surface area contributed by atoms with Crippen molar-refractivity contribution in [3.8, 4) is 17.2 Å². The molecule has 2 N–H and O–H groups in total. The molecule has 1 aromatic heterocycles. The molecule has 2 heterocycles. The molecule has 1 spiro atoms. The number of carbonyl (C=O) groups excluding carboxylic acids is 1. The van der Waals surface area contributed by atoms with Gasteiger partial charge < -0.3 is 28.8 Å². The summed E-state index contributed by atoms with van der Waals surface area (Å²) in [5, 5.41) is 4.12. The predicted octanol–water partition coefficient (Wildman–Crippen LogP) is 8.00. The van der Waals surface area contributed by atoms with E-state index in [1.54, 1.807) is 0 Å². The molecule has 0 bridgehead atoms. The van der Waals surface area contributed by atoms with Crippen molar-refractivity contribution in [2.75, 3.05) is 31.1 Å². The van der Waals surface area contributed by atoms with Gasteiger partial charge in [-0.2, -0.15) is 0 Å². The molecule has 7 rings (SSSR count). The number of nitrogens with one attached hydrogen (secondary N) is 1. The number of aryl methyl sites for hydroxylation is 1. The van der Waals surface area contributed by atoms with Gasteiger partial charge in [0, 0.05) is 28.2 Å². The number of nitrogens with zero attached hydrogens (tertiary/aromatic N) is 1. The number of rotatable bonds is 12. The molecule has 0 saturated heterocycles. The molecule has 1 unspecified atom stereocenters. The molecule has 4 aliphatic rings. The number of benzene rings is 2. The Morgan fingerprint density at radius 2 is 1.96 bits per heavy atom. The van der Waals surface area contributed by atoms with Gasteiger partial charge in [0.2, 0.25) is 6.79 Å². The van der Waals surface area contributed by atoms with Crippen molar-refractivity contribution in [2.24, 2.45) is 11.8 Å². The van der Waals surface area contributed by atoms with Gasteiger partial charge in [-0.3, -0.25) is 4.98 Å². The molecular formula is C39H47ClN2O7S. The smallest absolute Gasteiger partial charge is 0.331 e. The predicted molar refractivity (Wildman–Crippen MR) is 194 cm³/mol. The van der Waals surface area contributed by atoms with Crippen LogP contribution in [0, 0.1) is 11.8 Å². The Bertz CT molecular complexity index is 1740. The summed E-state index contributed by atoms with van der Waals surface area (Å²) in [7, 11) is 0. The SMILES string of the molecule is C[C@@H](COc1ccnc2c1[C@H](C)CCC2)C[C@H]1Cc2cc3c(cc2C12CCC(Nc1cccc(Cl)c1)(C(=O)OCCCS(=O)O)CC2)OCO3. The van der Waals surface area contributed by atoms with E-state index in [0.717, 1.165) is 61.5 Å². The van der Waals surface area contributed by atoms with Crippen LogP contribution in [0.1, 0.15) is 93.5 Å². The molecule has 0 radical (unpaired) electrons. The largest absolute Gasteiger partial charge is 0.493 e. The number of fused-ring (bicyclic) bond motifs is 4. The van der Waals surface area contributed by atoms with Crippen molar-refractivity contribution in [3.05, 3.63) is 76.1 Å². The van der Waals surface area contributed by atoms with E-state index in [0.29, 0.717) is 48.6 Å². The van der Waals surface area contributed by atoms with Gasteiger partial charge in [0.1, 0.15) is 11.3 Å². The van der Waals surface area contributed by atoms with Crippen LogP contribution in [-0.2, 0) is 38.9 Å². The Labute approximate surface area is 302 Å². The minimum atomic E-state index is -1.93. The molecule has 268 valence electrons. The molecule has 1 saturated carbocycles. The van der Waals surface area contributed by atoms with Gasteiger partial charge in [-0.25, -0.2) is 9.00 Å². The lowest BCUT2D eigenvalue weighted by molar-refractivity contribution is -0.151. The number of ether oxygens (including phenoxy) is 4. The van der Waals surface area contributed by atoms with E-state index in [2.05, 4.69) is 36.3 Å². The average molecular weight is 723 g/mol. The number of esters is 1. The molecule has 4 atom stereocenters. The first-order valence-corrected chi connectivity index (χ1v) is 19.6. The van der Waals surface area contributed by atoms with Gasteiger partial charge in [-0.05, 0) is 135 Å². The van der Waals surface area contributed by atoms with Crippen LogP contribution in [0.3, 0.4) is 0 Å². The second kappa shape index (κ2) is 14.7. The molecule has 3 aliphatic carbocycles. The van der Waals surface area contributed by atoms with Crippen LogP contribution in [0.15, 0.2) is 48.7 Å². The summed E-state index contributed by atoms with van der Waals surface area (Å²) < 4.78 is 44.4. The third kappa shape index (κ3) is 7.08. The second-order valence-corrected chi connectivity index (χ2v) is 16.3. The number of anilines is 1. The first-order chi connectivity index (χ1) is 24.2. The molecule has 50 heavy (non-hydrogen) atoms. The number of halogens is 1.